The molecule has 18 heavy (non-hydrogen) atoms. The van der Waals surface area contributed by atoms with Crippen LogP contribution >= 0.6 is 38.6 Å². The quantitative estimate of drug-likeness (QED) is 0.832. The van der Waals surface area contributed by atoms with Crippen molar-refractivity contribution in [3.63, 3.8) is 0 Å². The van der Waals surface area contributed by atoms with Crippen molar-refractivity contribution in [2.45, 2.75) is 38.8 Å². The second-order valence-electron chi connectivity index (χ2n) is 4.78. The van der Waals surface area contributed by atoms with Crippen LogP contribution in [0.5, 0.6) is 0 Å². The van der Waals surface area contributed by atoms with Crippen molar-refractivity contribution in [2.24, 2.45) is 0 Å². The molecule has 1 aliphatic rings. The Hall–Kier alpha value is -0.160. The van der Waals surface area contributed by atoms with Gasteiger partial charge in [0.1, 0.15) is 0 Å². The Balaban J connectivity index is 1.60. The second-order valence-corrected chi connectivity index (χ2v) is 7.86. The maximum atomic E-state index is 3.62. The van der Waals surface area contributed by atoms with Crippen LogP contribution in [0, 0.1) is 0 Å². The van der Waals surface area contributed by atoms with Gasteiger partial charge in [0, 0.05) is 37.1 Å². The van der Waals surface area contributed by atoms with E-state index < -0.39 is 0 Å². The Morgan fingerprint density at radius 3 is 3.00 bits per heavy atom. The van der Waals surface area contributed by atoms with Crippen molar-refractivity contribution in [3.8, 4) is 0 Å². The summed E-state index contributed by atoms with van der Waals surface area (Å²) in [5.41, 5.74) is 1.60. The van der Waals surface area contributed by atoms with Gasteiger partial charge < -0.3 is 5.32 Å². The lowest BCUT2D eigenvalue weighted by molar-refractivity contribution is 0.587. The van der Waals surface area contributed by atoms with Crippen LogP contribution in [0.15, 0.2) is 22.0 Å². The van der Waals surface area contributed by atoms with Gasteiger partial charge in [-0.05, 0) is 59.8 Å². The summed E-state index contributed by atoms with van der Waals surface area (Å²) in [5, 5.41) is 5.76. The van der Waals surface area contributed by atoms with Gasteiger partial charge in [0.25, 0.3) is 0 Å². The topological polar surface area (TPSA) is 12.0 Å². The fourth-order valence-corrected chi connectivity index (χ4v) is 5.08. The minimum atomic E-state index is 0.429. The largest absolute Gasteiger partial charge is 0.305 e. The van der Waals surface area contributed by atoms with Gasteiger partial charge in [0.15, 0.2) is 0 Å². The Kier molecular flexibility index (Phi) is 3.89. The molecule has 2 heterocycles. The lowest BCUT2D eigenvalue weighted by Crippen LogP contribution is -2.16. The molecule has 0 aromatic carbocycles. The Morgan fingerprint density at radius 1 is 1.39 bits per heavy atom. The van der Waals surface area contributed by atoms with Crippen LogP contribution < -0.4 is 5.32 Å². The van der Waals surface area contributed by atoms with Crippen molar-refractivity contribution >= 4 is 38.6 Å². The molecule has 1 atom stereocenters. The minimum Gasteiger partial charge on any atom is -0.305 e. The molecule has 1 N–H and O–H groups in total. The van der Waals surface area contributed by atoms with Gasteiger partial charge >= 0.3 is 0 Å². The molecule has 0 spiro atoms. The molecule has 4 heteroatoms. The summed E-state index contributed by atoms with van der Waals surface area (Å²) in [6.45, 7) is 3.23. The standard InChI is InChI=1S/C14H16BrNS2/c1-9(14-6-11(15)8-17-14)16-7-12-5-10-3-2-4-13(10)18-12/h5-6,8-9,16H,2-4,7H2,1H3. The van der Waals surface area contributed by atoms with Crippen LogP contribution in [0.3, 0.4) is 0 Å². The molecule has 0 amide bonds. The van der Waals surface area contributed by atoms with E-state index in [1.807, 2.05) is 22.7 Å². The molecule has 3 rings (SSSR count). The highest BCUT2D eigenvalue weighted by Gasteiger charge is 2.15. The maximum absolute atomic E-state index is 3.62. The summed E-state index contributed by atoms with van der Waals surface area (Å²) < 4.78 is 1.19. The minimum absolute atomic E-state index is 0.429. The number of rotatable bonds is 4. The summed E-state index contributed by atoms with van der Waals surface area (Å²) in [4.78, 5) is 4.51. The SMILES string of the molecule is CC(NCc1cc2c(s1)CCC2)c1cc(Br)cs1. The van der Waals surface area contributed by atoms with Gasteiger partial charge in [-0.2, -0.15) is 0 Å². The number of fused-ring (bicyclic) bond motifs is 1. The van der Waals surface area contributed by atoms with E-state index in [4.69, 9.17) is 0 Å². The first-order valence-corrected chi connectivity index (χ1v) is 8.79. The number of aryl methyl sites for hydroxylation is 2. The summed E-state index contributed by atoms with van der Waals surface area (Å²) in [6, 6.07) is 5.03. The molecule has 0 saturated heterocycles. The highest BCUT2D eigenvalue weighted by molar-refractivity contribution is 9.10. The molecule has 0 radical (unpaired) electrons. The number of nitrogens with one attached hydrogen (secondary N) is 1. The molecule has 1 aliphatic carbocycles. The monoisotopic (exact) mass is 341 g/mol. The van der Waals surface area contributed by atoms with Crippen molar-refractivity contribution in [2.75, 3.05) is 0 Å². The number of hydrogen-bond acceptors (Lipinski definition) is 3. The third-order valence-electron chi connectivity index (χ3n) is 3.39. The number of halogens is 1. The normalized spacial score (nSPS) is 15.9. The third kappa shape index (κ3) is 2.72. The lowest BCUT2D eigenvalue weighted by atomic mass is 10.2. The van der Waals surface area contributed by atoms with Crippen LogP contribution in [0.4, 0.5) is 0 Å². The molecule has 2 aromatic heterocycles. The van der Waals surface area contributed by atoms with E-state index in [2.05, 4.69) is 45.7 Å². The number of hydrogen-bond donors (Lipinski definition) is 1. The molecular formula is C14H16BrNS2. The molecule has 0 bridgehead atoms. The van der Waals surface area contributed by atoms with E-state index in [0.29, 0.717) is 6.04 Å². The van der Waals surface area contributed by atoms with E-state index in [1.165, 1.54) is 33.5 Å². The summed E-state index contributed by atoms with van der Waals surface area (Å²) in [5.74, 6) is 0. The zero-order chi connectivity index (χ0) is 12.5. The van der Waals surface area contributed by atoms with E-state index in [9.17, 15) is 0 Å². The molecule has 0 aliphatic heterocycles. The van der Waals surface area contributed by atoms with Crippen LogP contribution in [-0.4, -0.2) is 0 Å². The van der Waals surface area contributed by atoms with Gasteiger partial charge in [-0.25, -0.2) is 0 Å². The molecule has 2 aromatic rings. The zero-order valence-corrected chi connectivity index (χ0v) is 13.6. The first-order valence-electron chi connectivity index (χ1n) is 6.30. The Bertz CT molecular complexity index is 522. The van der Waals surface area contributed by atoms with Gasteiger partial charge in [-0.1, -0.05) is 0 Å². The fourth-order valence-electron chi connectivity index (χ4n) is 2.39. The lowest BCUT2D eigenvalue weighted by Gasteiger charge is -2.10. The van der Waals surface area contributed by atoms with Gasteiger partial charge in [-0.15, -0.1) is 22.7 Å². The molecule has 1 unspecified atom stereocenters. The average molecular weight is 342 g/mol. The summed E-state index contributed by atoms with van der Waals surface area (Å²) in [6.07, 6.45) is 3.95. The van der Waals surface area contributed by atoms with Crippen molar-refractivity contribution in [1.82, 2.24) is 5.32 Å². The van der Waals surface area contributed by atoms with Crippen LogP contribution in [0.1, 0.15) is 39.6 Å². The predicted octanol–water partition coefficient (Wildman–Crippen LogP) is 4.91. The summed E-state index contributed by atoms with van der Waals surface area (Å²) in [7, 11) is 0. The molecule has 96 valence electrons. The van der Waals surface area contributed by atoms with Crippen molar-refractivity contribution < 1.29 is 0 Å². The molecule has 1 nitrogen and oxygen atoms in total. The van der Waals surface area contributed by atoms with Gasteiger partial charge in [-0.3, -0.25) is 0 Å². The van der Waals surface area contributed by atoms with E-state index in [-0.39, 0.29) is 0 Å². The highest BCUT2D eigenvalue weighted by atomic mass is 79.9. The van der Waals surface area contributed by atoms with Crippen LogP contribution in [-0.2, 0) is 19.4 Å². The van der Waals surface area contributed by atoms with E-state index >= 15 is 0 Å². The first kappa shape index (κ1) is 12.9. The molecular weight excluding hydrogens is 326 g/mol. The number of thiophene rings is 2. The average Bonchev–Trinajstić information content (AvgIpc) is 3.00. The summed E-state index contributed by atoms with van der Waals surface area (Å²) >= 11 is 7.32. The fraction of sp³-hybridized carbons (Fsp3) is 0.429. The molecule has 0 fully saturated rings. The Morgan fingerprint density at radius 2 is 2.28 bits per heavy atom. The van der Waals surface area contributed by atoms with E-state index in [0.717, 1.165) is 6.54 Å². The third-order valence-corrected chi connectivity index (χ3v) is 6.51. The maximum Gasteiger partial charge on any atom is 0.0389 e. The zero-order valence-electron chi connectivity index (χ0n) is 10.3. The molecule has 0 saturated carbocycles. The Labute approximate surface area is 124 Å². The highest BCUT2D eigenvalue weighted by Crippen LogP contribution is 2.31. The predicted molar refractivity (Wildman–Crippen MR) is 83.6 cm³/mol. The first-order chi connectivity index (χ1) is 8.72. The van der Waals surface area contributed by atoms with Crippen LogP contribution in [0.2, 0.25) is 0 Å². The van der Waals surface area contributed by atoms with Gasteiger partial charge in [0.2, 0.25) is 0 Å². The van der Waals surface area contributed by atoms with E-state index in [1.54, 1.807) is 10.4 Å². The van der Waals surface area contributed by atoms with Crippen molar-refractivity contribution in [3.05, 3.63) is 42.2 Å². The van der Waals surface area contributed by atoms with Crippen molar-refractivity contribution in [1.29, 1.82) is 0 Å². The smallest absolute Gasteiger partial charge is 0.0389 e. The van der Waals surface area contributed by atoms with Crippen LogP contribution in [0.25, 0.3) is 0 Å². The second kappa shape index (κ2) is 5.45. The van der Waals surface area contributed by atoms with Gasteiger partial charge in [0.05, 0.1) is 0 Å².